The molecule has 4 rings (SSSR count). The molecule has 0 atom stereocenters. The van der Waals surface area contributed by atoms with Gasteiger partial charge < -0.3 is 9.80 Å². The van der Waals surface area contributed by atoms with Gasteiger partial charge in [-0.3, -0.25) is 0 Å². The highest BCUT2D eigenvalue weighted by molar-refractivity contribution is 5.68. The largest absolute Gasteiger partial charge is 0.368 e. The lowest BCUT2D eigenvalue weighted by Crippen LogP contribution is -2.35. The number of likely N-dealkylation sites (tertiary alicyclic amines) is 1. The molecule has 2 aliphatic rings. The predicted octanol–water partition coefficient (Wildman–Crippen LogP) is 2.95. The summed E-state index contributed by atoms with van der Waals surface area (Å²) >= 11 is 0. The van der Waals surface area contributed by atoms with Crippen LogP contribution in [0.3, 0.4) is 0 Å². The number of fused-ring (bicyclic) bond motifs is 1. The highest BCUT2D eigenvalue weighted by atomic mass is 15.4. The quantitative estimate of drug-likeness (QED) is 0.836. The van der Waals surface area contributed by atoms with Gasteiger partial charge in [-0.15, -0.1) is 10.2 Å². The van der Waals surface area contributed by atoms with E-state index in [1.165, 1.54) is 57.4 Å². The van der Waals surface area contributed by atoms with E-state index in [1.807, 2.05) is 4.52 Å². The van der Waals surface area contributed by atoms with Crippen molar-refractivity contribution < 1.29 is 0 Å². The Bertz CT molecular complexity index is 695. The van der Waals surface area contributed by atoms with Crippen LogP contribution in [0.5, 0.6) is 0 Å². The maximum Gasteiger partial charge on any atom is 0.200 e. The Kier molecular flexibility index (Phi) is 4.88. The zero-order valence-electron chi connectivity index (χ0n) is 15.6. The number of nitrogens with zero attached hydrogens (tertiary/aromatic N) is 6. The molecular formula is C19H30N6. The van der Waals surface area contributed by atoms with Gasteiger partial charge in [0.15, 0.2) is 0 Å². The van der Waals surface area contributed by atoms with E-state index in [1.54, 1.807) is 6.33 Å². The van der Waals surface area contributed by atoms with Crippen molar-refractivity contribution in [1.29, 1.82) is 0 Å². The van der Waals surface area contributed by atoms with Crippen LogP contribution in [-0.4, -0.2) is 57.4 Å². The number of aromatic nitrogens is 4. The summed E-state index contributed by atoms with van der Waals surface area (Å²) in [7, 11) is 0. The summed E-state index contributed by atoms with van der Waals surface area (Å²) in [5.74, 6) is 1.28. The highest BCUT2D eigenvalue weighted by Crippen LogP contribution is 2.29. The third-order valence-electron chi connectivity index (χ3n) is 5.87. The van der Waals surface area contributed by atoms with Crippen molar-refractivity contribution in [2.45, 2.75) is 51.9 Å². The molecule has 2 aromatic rings. The minimum Gasteiger partial charge on any atom is -0.368 e. The molecule has 0 unspecified atom stereocenters. The summed E-state index contributed by atoms with van der Waals surface area (Å²) < 4.78 is 1.84. The van der Waals surface area contributed by atoms with E-state index in [-0.39, 0.29) is 0 Å². The first-order valence-electron chi connectivity index (χ1n) is 9.89. The van der Waals surface area contributed by atoms with Crippen molar-refractivity contribution in [1.82, 2.24) is 24.7 Å². The Hall–Kier alpha value is -1.69. The summed E-state index contributed by atoms with van der Waals surface area (Å²) in [5, 5.41) is 13.0. The Labute approximate surface area is 150 Å². The minimum atomic E-state index is 0.406. The second-order valence-corrected chi connectivity index (χ2v) is 7.98. The zero-order valence-corrected chi connectivity index (χ0v) is 15.6. The van der Waals surface area contributed by atoms with Crippen molar-refractivity contribution in [3.05, 3.63) is 18.1 Å². The van der Waals surface area contributed by atoms with E-state index >= 15 is 0 Å². The first-order valence-corrected chi connectivity index (χ1v) is 9.89. The van der Waals surface area contributed by atoms with Crippen LogP contribution in [0.15, 0.2) is 12.4 Å². The van der Waals surface area contributed by atoms with Crippen molar-refractivity contribution >= 4 is 11.3 Å². The second kappa shape index (κ2) is 7.28. The van der Waals surface area contributed by atoms with Crippen molar-refractivity contribution in [2.24, 2.45) is 5.92 Å². The van der Waals surface area contributed by atoms with Crippen LogP contribution < -0.4 is 4.90 Å². The van der Waals surface area contributed by atoms with Crippen LogP contribution in [0.4, 0.5) is 5.69 Å². The maximum absolute atomic E-state index is 4.64. The van der Waals surface area contributed by atoms with Gasteiger partial charge in [0.25, 0.3) is 0 Å². The van der Waals surface area contributed by atoms with Crippen LogP contribution in [0.1, 0.15) is 57.6 Å². The fourth-order valence-electron chi connectivity index (χ4n) is 4.18. The lowest BCUT2D eigenvalue weighted by molar-refractivity contribution is 0.280. The molecule has 0 aromatic carbocycles. The molecule has 2 aliphatic heterocycles. The molecule has 136 valence electrons. The molecule has 2 fully saturated rings. The molecule has 4 heterocycles. The number of hydrogen-bond acceptors (Lipinski definition) is 5. The predicted molar refractivity (Wildman–Crippen MR) is 100 cm³/mol. The summed E-state index contributed by atoms with van der Waals surface area (Å²) in [6.45, 7) is 10.5. The van der Waals surface area contributed by atoms with E-state index in [4.69, 9.17) is 0 Å². The van der Waals surface area contributed by atoms with Crippen LogP contribution in [0.25, 0.3) is 5.65 Å². The summed E-state index contributed by atoms with van der Waals surface area (Å²) in [6, 6.07) is 2.22. The van der Waals surface area contributed by atoms with Crippen molar-refractivity contribution in [3.63, 3.8) is 0 Å². The molecular weight excluding hydrogens is 312 g/mol. The van der Waals surface area contributed by atoms with Gasteiger partial charge in [-0.2, -0.15) is 9.61 Å². The normalized spacial score (nSPS) is 20.2. The molecule has 0 amide bonds. The average Bonchev–Trinajstić information content (AvgIpc) is 3.31. The van der Waals surface area contributed by atoms with Gasteiger partial charge in [0, 0.05) is 13.1 Å². The van der Waals surface area contributed by atoms with Crippen LogP contribution >= 0.6 is 0 Å². The van der Waals surface area contributed by atoms with E-state index in [0.29, 0.717) is 5.92 Å². The van der Waals surface area contributed by atoms with Gasteiger partial charge in [0.05, 0.1) is 11.4 Å². The standard InChI is InChI=1S/C19H30N6/c1-15(2)17-13-18(19-21-20-14-25(19)22-17)24-11-6-16(7-12-24)5-10-23-8-3-4-9-23/h13-16H,3-12H2,1-2H3. The Morgan fingerprint density at radius 2 is 1.88 bits per heavy atom. The highest BCUT2D eigenvalue weighted by Gasteiger charge is 2.23. The van der Waals surface area contributed by atoms with Crippen LogP contribution in [0, 0.1) is 5.92 Å². The fraction of sp³-hybridized carbons (Fsp3) is 0.737. The summed E-state index contributed by atoms with van der Waals surface area (Å²) in [6.07, 6.45) is 8.44. The van der Waals surface area contributed by atoms with E-state index in [2.05, 4.69) is 45.0 Å². The van der Waals surface area contributed by atoms with Gasteiger partial charge in [-0.25, -0.2) is 0 Å². The SMILES string of the molecule is CC(C)c1cc(N2CCC(CCN3CCCC3)CC2)c2nncn2n1. The summed E-state index contributed by atoms with van der Waals surface area (Å²) in [4.78, 5) is 5.13. The third-order valence-corrected chi connectivity index (χ3v) is 5.87. The lowest BCUT2D eigenvalue weighted by Gasteiger charge is -2.34. The molecule has 6 nitrogen and oxygen atoms in total. The summed E-state index contributed by atoms with van der Waals surface area (Å²) in [5.41, 5.74) is 3.20. The monoisotopic (exact) mass is 342 g/mol. The van der Waals surface area contributed by atoms with Gasteiger partial charge in [-0.1, -0.05) is 13.8 Å². The molecule has 0 bridgehead atoms. The van der Waals surface area contributed by atoms with Gasteiger partial charge in [0.1, 0.15) is 6.33 Å². The van der Waals surface area contributed by atoms with Crippen molar-refractivity contribution in [2.75, 3.05) is 37.6 Å². The van der Waals surface area contributed by atoms with Crippen molar-refractivity contribution in [3.8, 4) is 0 Å². The van der Waals surface area contributed by atoms with E-state index in [9.17, 15) is 0 Å². The number of rotatable bonds is 5. The fourth-order valence-corrected chi connectivity index (χ4v) is 4.18. The van der Waals surface area contributed by atoms with E-state index in [0.717, 1.165) is 30.3 Å². The molecule has 6 heteroatoms. The Morgan fingerprint density at radius 1 is 1.12 bits per heavy atom. The minimum absolute atomic E-state index is 0.406. The Morgan fingerprint density at radius 3 is 2.60 bits per heavy atom. The first kappa shape index (κ1) is 16.8. The van der Waals surface area contributed by atoms with E-state index < -0.39 is 0 Å². The lowest BCUT2D eigenvalue weighted by atomic mass is 9.93. The maximum atomic E-state index is 4.64. The van der Waals surface area contributed by atoms with Crippen LogP contribution in [0.2, 0.25) is 0 Å². The number of anilines is 1. The van der Waals surface area contributed by atoms with Gasteiger partial charge in [-0.05, 0) is 69.6 Å². The molecule has 0 aliphatic carbocycles. The topological polar surface area (TPSA) is 49.6 Å². The molecule has 0 N–H and O–H groups in total. The average molecular weight is 342 g/mol. The molecule has 2 aromatic heterocycles. The Balaban J connectivity index is 1.41. The molecule has 0 saturated carbocycles. The molecule has 25 heavy (non-hydrogen) atoms. The van der Waals surface area contributed by atoms with Gasteiger partial charge in [0.2, 0.25) is 5.65 Å². The number of piperidine rings is 1. The smallest absolute Gasteiger partial charge is 0.200 e. The molecule has 0 spiro atoms. The van der Waals surface area contributed by atoms with Crippen LogP contribution in [-0.2, 0) is 0 Å². The zero-order chi connectivity index (χ0) is 17.2. The molecule has 0 radical (unpaired) electrons. The first-order chi connectivity index (χ1) is 12.2. The molecule has 2 saturated heterocycles. The van der Waals surface area contributed by atoms with Gasteiger partial charge >= 0.3 is 0 Å². The second-order valence-electron chi connectivity index (χ2n) is 7.98. The number of hydrogen-bond donors (Lipinski definition) is 0. The third kappa shape index (κ3) is 3.64.